The molecule has 2 nitrogen and oxygen atoms in total. The number of likely N-dealkylation sites (N-methyl/N-ethyl adjacent to an activating group) is 1. The van der Waals surface area contributed by atoms with Gasteiger partial charge in [0.05, 0.1) is 13.2 Å². The summed E-state index contributed by atoms with van der Waals surface area (Å²) in [4.78, 5) is 0. The Kier molecular flexibility index (Phi) is 6.37. The molecule has 0 bridgehead atoms. The van der Waals surface area contributed by atoms with Crippen molar-refractivity contribution in [2.45, 2.75) is 39.5 Å². The SMILES string of the molecule is CCNCCOCCc1ccc(C(C)(C)C)cc1. The molecule has 1 N–H and O–H groups in total. The van der Waals surface area contributed by atoms with E-state index in [1.54, 1.807) is 0 Å². The molecule has 0 spiro atoms. The van der Waals surface area contributed by atoms with E-state index in [1.807, 2.05) is 0 Å². The first-order valence-electron chi connectivity index (χ1n) is 6.92. The van der Waals surface area contributed by atoms with Crippen molar-refractivity contribution in [1.82, 2.24) is 5.32 Å². The van der Waals surface area contributed by atoms with Gasteiger partial charge in [-0.2, -0.15) is 0 Å². The van der Waals surface area contributed by atoms with Crippen LogP contribution in [0.4, 0.5) is 0 Å². The van der Waals surface area contributed by atoms with Gasteiger partial charge in [-0.1, -0.05) is 52.0 Å². The summed E-state index contributed by atoms with van der Waals surface area (Å²) in [6, 6.07) is 8.89. The van der Waals surface area contributed by atoms with Crippen LogP contribution < -0.4 is 5.32 Å². The van der Waals surface area contributed by atoms with Crippen LogP contribution in [-0.2, 0) is 16.6 Å². The van der Waals surface area contributed by atoms with Crippen molar-refractivity contribution in [3.63, 3.8) is 0 Å². The van der Waals surface area contributed by atoms with Crippen LogP contribution in [0.1, 0.15) is 38.8 Å². The fourth-order valence-corrected chi connectivity index (χ4v) is 1.78. The second-order valence-electron chi connectivity index (χ2n) is 5.66. The topological polar surface area (TPSA) is 21.3 Å². The molecular formula is C16H27NO. The largest absolute Gasteiger partial charge is 0.380 e. The summed E-state index contributed by atoms with van der Waals surface area (Å²) in [5.41, 5.74) is 2.98. The molecular weight excluding hydrogens is 222 g/mol. The van der Waals surface area contributed by atoms with E-state index in [9.17, 15) is 0 Å². The van der Waals surface area contributed by atoms with Crippen molar-refractivity contribution < 1.29 is 4.74 Å². The van der Waals surface area contributed by atoms with Gasteiger partial charge in [-0.25, -0.2) is 0 Å². The molecule has 2 heteroatoms. The number of hydrogen-bond donors (Lipinski definition) is 1. The summed E-state index contributed by atoms with van der Waals surface area (Å²) in [6.07, 6.45) is 0.997. The Bertz CT molecular complexity index is 324. The van der Waals surface area contributed by atoms with Crippen LogP contribution in [-0.4, -0.2) is 26.3 Å². The van der Waals surface area contributed by atoms with Crippen molar-refractivity contribution >= 4 is 0 Å². The predicted molar refractivity (Wildman–Crippen MR) is 78.2 cm³/mol. The van der Waals surface area contributed by atoms with Crippen molar-refractivity contribution in [3.05, 3.63) is 35.4 Å². The quantitative estimate of drug-likeness (QED) is 0.750. The Balaban J connectivity index is 2.27. The van der Waals surface area contributed by atoms with E-state index < -0.39 is 0 Å². The molecule has 102 valence electrons. The van der Waals surface area contributed by atoms with E-state index in [0.29, 0.717) is 0 Å². The van der Waals surface area contributed by atoms with Gasteiger partial charge < -0.3 is 10.1 Å². The number of hydrogen-bond acceptors (Lipinski definition) is 2. The Morgan fingerprint density at radius 2 is 1.72 bits per heavy atom. The number of nitrogens with one attached hydrogen (secondary N) is 1. The maximum Gasteiger partial charge on any atom is 0.0591 e. The highest BCUT2D eigenvalue weighted by Crippen LogP contribution is 2.22. The summed E-state index contributed by atoms with van der Waals surface area (Å²) in [6.45, 7) is 12.4. The molecule has 0 aliphatic rings. The molecule has 0 radical (unpaired) electrons. The lowest BCUT2D eigenvalue weighted by Crippen LogP contribution is -2.19. The highest BCUT2D eigenvalue weighted by Gasteiger charge is 2.12. The first kappa shape index (κ1) is 15.2. The van der Waals surface area contributed by atoms with Crippen LogP contribution in [0.15, 0.2) is 24.3 Å². The number of benzene rings is 1. The van der Waals surface area contributed by atoms with Gasteiger partial charge in [0.15, 0.2) is 0 Å². The summed E-state index contributed by atoms with van der Waals surface area (Å²) in [7, 11) is 0. The third kappa shape index (κ3) is 5.65. The maximum atomic E-state index is 5.57. The first-order valence-corrected chi connectivity index (χ1v) is 6.92. The van der Waals surface area contributed by atoms with E-state index in [-0.39, 0.29) is 5.41 Å². The average Bonchev–Trinajstić information content (AvgIpc) is 2.33. The zero-order chi connectivity index (χ0) is 13.4. The minimum absolute atomic E-state index is 0.237. The molecule has 18 heavy (non-hydrogen) atoms. The summed E-state index contributed by atoms with van der Waals surface area (Å²) in [5.74, 6) is 0. The Hall–Kier alpha value is -0.860. The van der Waals surface area contributed by atoms with Gasteiger partial charge in [0.2, 0.25) is 0 Å². The molecule has 0 amide bonds. The number of ether oxygens (including phenoxy) is 1. The number of rotatable bonds is 7. The van der Waals surface area contributed by atoms with Crippen LogP contribution >= 0.6 is 0 Å². The third-order valence-electron chi connectivity index (χ3n) is 3.03. The van der Waals surface area contributed by atoms with Crippen molar-refractivity contribution in [1.29, 1.82) is 0 Å². The molecule has 0 fully saturated rings. The molecule has 0 heterocycles. The van der Waals surface area contributed by atoms with Crippen molar-refractivity contribution in [2.75, 3.05) is 26.3 Å². The van der Waals surface area contributed by atoms with E-state index in [2.05, 4.69) is 57.3 Å². The predicted octanol–water partition coefficient (Wildman–Crippen LogP) is 3.15. The van der Waals surface area contributed by atoms with E-state index in [0.717, 1.165) is 32.7 Å². The highest BCUT2D eigenvalue weighted by atomic mass is 16.5. The average molecular weight is 249 g/mol. The minimum Gasteiger partial charge on any atom is -0.380 e. The molecule has 0 saturated carbocycles. The standard InChI is InChI=1S/C16H27NO/c1-5-17-11-13-18-12-10-14-6-8-15(9-7-14)16(2,3)4/h6-9,17H,5,10-13H2,1-4H3. The van der Waals surface area contributed by atoms with Gasteiger partial charge in [0, 0.05) is 6.54 Å². The second kappa shape index (κ2) is 7.55. The lowest BCUT2D eigenvalue weighted by molar-refractivity contribution is 0.139. The normalized spacial score (nSPS) is 11.8. The molecule has 0 saturated heterocycles. The summed E-state index contributed by atoms with van der Waals surface area (Å²) < 4.78 is 5.57. The lowest BCUT2D eigenvalue weighted by atomic mass is 9.86. The van der Waals surface area contributed by atoms with Crippen LogP contribution in [0.25, 0.3) is 0 Å². The smallest absolute Gasteiger partial charge is 0.0591 e. The summed E-state index contributed by atoms with van der Waals surface area (Å²) >= 11 is 0. The Labute approximate surface area is 112 Å². The third-order valence-corrected chi connectivity index (χ3v) is 3.03. The maximum absolute atomic E-state index is 5.57. The molecule has 1 aromatic carbocycles. The Morgan fingerprint density at radius 1 is 1.06 bits per heavy atom. The van der Waals surface area contributed by atoms with Crippen LogP contribution in [0.3, 0.4) is 0 Å². The minimum atomic E-state index is 0.237. The van der Waals surface area contributed by atoms with Crippen molar-refractivity contribution in [3.8, 4) is 0 Å². The van der Waals surface area contributed by atoms with Gasteiger partial charge in [-0.05, 0) is 29.5 Å². The van der Waals surface area contributed by atoms with Gasteiger partial charge in [0.1, 0.15) is 0 Å². The highest BCUT2D eigenvalue weighted by molar-refractivity contribution is 5.27. The van der Waals surface area contributed by atoms with Gasteiger partial charge >= 0.3 is 0 Å². The zero-order valence-electron chi connectivity index (χ0n) is 12.3. The molecule has 0 aliphatic carbocycles. The van der Waals surface area contributed by atoms with E-state index in [1.165, 1.54) is 11.1 Å². The van der Waals surface area contributed by atoms with Gasteiger partial charge in [-0.15, -0.1) is 0 Å². The molecule has 0 atom stereocenters. The van der Waals surface area contributed by atoms with Crippen LogP contribution in [0.5, 0.6) is 0 Å². The molecule has 1 rings (SSSR count). The van der Waals surface area contributed by atoms with E-state index >= 15 is 0 Å². The van der Waals surface area contributed by atoms with Crippen LogP contribution in [0, 0.1) is 0 Å². The second-order valence-corrected chi connectivity index (χ2v) is 5.66. The zero-order valence-corrected chi connectivity index (χ0v) is 12.3. The molecule has 0 aromatic heterocycles. The fraction of sp³-hybridized carbons (Fsp3) is 0.625. The van der Waals surface area contributed by atoms with Gasteiger partial charge in [0.25, 0.3) is 0 Å². The lowest BCUT2D eigenvalue weighted by Gasteiger charge is -2.19. The monoisotopic (exact) mass is 249 g/mol. The van der Waals surface area contributed by atoms with Gasteiger partial charge in [-0.3, -0.25) is 0 Å². The fourth-order valence-electron chi connectivity index (χ4n) is 1.78. The van der Waals surface area contributed by atoms with Crippen LogP contribution in [0.2, 0.25) is 0 Å². The molecule has 1 aromatic rings. The first-order chi connectivity index (χ1) is 8.54. The summed E-state index contributed by atoms with van der Waals surface area (Å²) in [5, 5.41) is 3.25. The molecule has 0 aliphatic heterocycles. The molecule has 0 unspecified atom stereocenters. The van der Waals surface area contributed by atoms with Crippen molar-refractivity contribution in [2.24, 2.45) is 0 Å². The van der Waals surface area contributed by atoms with E-state index in [4.69, 9.17) is 4.74 Å². The Morgan fingerprint density at radius 3 is 2.28 bits per heavy atom.